The van der Waals surface area contributed by atoms with E-state index in [-0.39, 0.29) is 24.0 Å². The molecule has 0 aliphatic rings. The number of thiazole rings is 1. The van der Waals surface area contributed by atoms with Crippen molar-refractivity contribution in [1.29, 1.82) is 0 Å². The molecule has 2 N–H and O–H groups in total. The minimum atomic E-state index is 0. The summed E-state index contributed by atoms with van der Waals surface area (Å²) in [6, 6.07) is 6.21. The van der Waals surface area contributed by atoms with Crippen LogP contribution in [0, 0.1) is 6.92 Å². The molecule has 1 aromatic heterocycles. The number of halogens is 1. The maximum Gasteiger partial charge on any atom is 0.191 e. The first-order chi connectivity index (χ1) is 12.0. The van der Waals surface area contributed by atoms with E-state index in [0.29, 0.717) is 12.5 Å². The lowest BCUT2D eigenvalue weighted by atomic mass is 10.1. The van der Waals surface area contributed by atoms with Crippen LogP contribution < -0.4 is 15.4 Å². The molecule has 0 saturated carbocycles. The predicted octanol–water partition coefficient (Wildman–Crippen LogP) is 4.11. The van der Waals surface area contributed by atoms with Crippen molar-refractivity contribution in [3.05, 3.63) is 45.4 Å². The van der Waals surface area contributed by atoms with Crippen LogP contribution in [0.2, 0.25) is 0 Å². The van der Waals surface area contributed by atoms with Gasteiger partial charge in [0.05, 0.1) is 17.8 Å². The molecule has 0 aliphatic heterocycles. The zero-order chi connectivity index (χ0) is 18.2. The number of ether oxygens (including phenoxy) is 1. The van der Waals surface area contributed by atoms with Crippen LogP contribution in [-0.4, -0.2) is 31.6 Å². The van der Waals surface area contributed by atoms with Crippen LogP contribution in [0.3, 0.4) is 0 Å². The van der Waals surface area contributed by atoms with E-state index in [2.05, 4.69) is 58.9 Å². The monoisotopic (exact) mass is 488 g/mol. The summed E-state index contributed by atoms with van der Waals surface area (Å²) < 4.78 is 5.45. The zero-order valence-electron chi connectivity index (χ0n) is 16.1. The molecule has 0 amide bonds. The summed E-state index contributed by atoms with van der Waals surface area (Å²) >= 11 is 1.74. The normalized spacial score (nSPS) is 11.2. The Morgan fingerprint density at radius 3 is 2.69 bits per heavy atom. The summed E-state index contributed by atoms with van der Waals surface area (Å²) in [5.74, 6) is 2.17. The van der Waals surface area contributed by atoms with Crippen molar-refractivity contribution in [2.75, 3.05) is 20.7 Å². The highest BCUT2D eigenvalue weighted by molar-refractivity contribution is 14.0. The van der Waals surface area contributed by atoms with Crippen LogP contribution in [-0.2, 0) is 13.0 Å². The third-order valence-corrected chi connectivity index (χ3v) is 5.04. The van der Waals surface area contributed by atoms with Crippen LogP contribution in [0.4, 0.5) is 0 Å². The molecule has 0 atom stereocenters. The second-order valence-electron chi connectivity index (χ2n) is 6.25. The molecule has 0 fully saturated rings. The molecule has 0 spiro atoms. The van der Waals surface area contributed by atoms with Gasteiger partial charge in [0, 0.05) is 43.4 Å². The van der Waals surface area contributed by atoms with E-state index in [1.54, 1.807) is 25.5 Å². The average molecular weight is 488 g/mol. The zero-order valence-corrected chi connectivity index (χ0v) is 19.3. The Morgan fingerprint density at radius 1 is 1.31 bits per heavy atom. The second kappa shape index (κ2) is 11.4. The maximum atomic E-state index is 5.45. The first kappa shape index (κ1) is 22.7. The van der Waals surface area contributed by atoms with E-state index < -0.39 is 0 Å². The Bertz CT molecular complexity index is 715. The lowest BCUT2D eigenvalue weighted by Crippen LogP contribution is -2.37. The Morgan fingerprint density at radius 2 is 2.08 bits per heavy atom. The van der Waals surface area contributed by atoms with Crippen molar-refractivity contribution in [2.24, 2.45) is 4.99 Å². The molecule has 1 heterocycles. The van der Waals surface area contributed by atoms with Gasteiger partial charge in [0.2, 0.25) is 0 Å². The Hall–Kier alpha value is -1.35. The van der Waals surface area contributed by atoms with E-state index in [9.17, 15) is 0 Å². The van der Waals surface area contributed by atoms with Gasteiger partial charge in [-0.2, -0.15) is 0 Å². The van der Waals surface area contributed by atoms with Gasteiger partial charge in [-0.1, -0.05) is 26.0 Å². The highest BCUT2D eigenvalue weighted by Gasteiger charge is 2.07. The lowest BCUT2D eigenvalue weighted by molar-refractivity contribution is 0.408. The van der Waals surface area contributed by atoms with Crippen LogP contribution in [0.5, 0.6) is 5.75 Å². The van der Waals surface area contributed by atoms with Gasteiger partial charge >= 0.3 is 0 Å². The summed E-state index contributed by atoms with van der Waals surface area (Å²) in [6.45, 7) is 7.87. The van der Waals surface area contributed by atoms with Crippen LogP contribution >= 0.6 is 35.3 Å². The minimum Gasteiger partial charge on any atom is -0.496 e. The fourth-order valence-electron chi connectivity index (χ4n) is 2.41. The van der Waals surface area contributed by atoms with Crippen molar-refractivity contribution in [3.8, 4) is 5.75 Å². The number of hydrogen-bond acceptors (Lipinski definition) is 4. The predicted molar refractivity (Wildman–Crippen MR) is 121 cm³/mol. The molecule has 0 aliphatic carbocycles. The van der Waals surface area contributed by atoms with Crippen molar-refractivity contribution < 1.29 is 4.74 Å². The van der Waals surface area contributed by atoms with E-state index >= 15 is 0 Å². The smallest absolute Gasteiger partial charge is 0.191 e. The number of aromatic nitrogens is 1. The number of hydrogen-bond donors (Lipinski definition) is 2. The Kier molecular flexibility index (Phi) is 9.93. The van der Waals surface area contributed by atoms with Crippen LogP contribution in [0.25, 0.3) is 0 Å². The molecule has 144 valence electrons. The fraction of sp³-hybridized carbons (Fsp3) is 0.474. The van der Waals surface area contributed by atoms with Crippen LogP contribution in [0.1, 0.15) is 41.6 Å². The third-order valence-electron chi connectivity index (χ3n) is 3.85. The number of benzene rings is 1. The number of guanidine groups is 1. The van der Waals surface area contributed by atoms with E-state index in [4.69, 9.17) is 4.74 Å². The van der Waals surface area contributed by atoms with Crippen molar-refractivity contribution in [2.45, 2.75) is 39.7 Å². The standard InChI is InChI=1S/C19H28N4OS.HI/c1-13(2)18-23-16(12-25-18)8-9-21-19(20-4)22-11-15-7-6-14(3)10-17(15)24-5;/h6-7,10,12-13H,8-9,11H2,1-5H3,(H2,20,21,22);1H. The number of nitrogens with one attached hydrogen (secondary N) is 2. The van der Waals surface area contributed by atoms with E-state index in [0.717, 1.165) is 35.9 Å². The molecule has 1 aromatic carbocycles. The first-order valence-corrected chi connectivity index (χ1v) is 9.43. The van der Waals surface area contributed by atoms with Crippen molar-refractivity contribution >= 4 is 41.3 Å². The SMILES string of the molecule is CN=C(NCCc1csc(C(C)C)n1)NCc1ccc(C)cc1OC.I. The molecule has 26 heavy (non-hydrogen) atoms. The summed E-state index contributed by atoms with van der Waals surface area (Å²) in [7, 11) is 3.48. The first-order valence-electron chi connectivity index (χ1n) is 8.55. The van der Waals surface area contributed by atoms with E-state index in [1.807, 2.05) is 6.07 Å². The molecule has 0 unspecified atom stereocenters. The van der Waals surface area contributed by atoms with Crippen LogP contribution in [0.15, 0.2) is 28.6 Å². The summed E-state index contributed by atoms with van der Waals surface area (Å²) in [6.07, 6.45) is 0.887. The van der Waals surface area contributed by atoms with Gasteiger partial charge in [0.1, 0.15) is 5.75 Å². The molecular formula is C19H29IN4OS. The number of rotatable bonds is 7. The lowest BCUT2D eigenvalue weighted by Gasteiger charge is -2.14. The number of aryl methyl sites for hydroxylation is 1. The summed E-state index contributed by atoms with van der Waals surface area (Å²) in [5, 5.41) is 10.0. The number of nitrogens with zero attached hydrogens (tertiary/aromatic N) is 2. The molecule has 5 nitrogen and oxygen atoms in total. The summed E-state index contributed by atoms with van der Waals surface area (Å²) in [5.41, 5.74) is 3.43. The highest BCUT2D eigenvalue weighted by atomic mass is 127. The van der Waals surface area contributed by atoms with Gasteiger partial charge in [-0.25, -0.2) is 4.98 Å². The Balaban J connectivity index is 0.00000338. The molecule has 2 aromatic rings. The fourth-order valence-corrected chi connectivity index (χ4v) is 3.28. The topological polar surface area (TPSA) is 58.5 Å². The Labute approximate surface area is 177 Å². The van der Waals surface area contributed by atoms with Gasteiger partial charge < -0.3 is 15.4 Å². The van der Waals surface area contributed by atoms with Crippen molar-refractivity contribution in [3.63, 3.8) is 0 Å². The van der Waals surface area contributed by atoms with Gasteiger partial charge in [-0.15, -0.1) is 35.3 Å². The average Bonchev–Trinajstić information content (AvgIpc) is 3.07. The quantitative estimate of drug-likeness (QED) is 0.350. The number of methoxy groups -OCH3 is 1. The highest BCUT2D eigenvalue weighted by Crippen LogP contribution is 2.20. The molecule has 0 bridgehead atoms. The van der Waals surface area contributed by atoms with Gasteiger partial charge in [-0.3, -0.25) is 4.99 Å². The molecule has 2 rings (SSSR count). The summed E-state index contributed by atoms with van der Waals surface area (Å²) in [4.78, 5) is 8.94. The number of aliphatic imine (C=N–C) groups is 1. The third kappa shape index (κ3) is 6.75. The van der Waals surface area contributed by atoms with E-state index in [1.165, 1.54) is 10.6 Å². The van der Waals surface area contributed by atoms with Gasteiger partial charge in [0.25, 0.3) is 0 Å². The molecular weight excluding hydrogens is 459 g/mol. The maximum absolute atomic E-state index is 5.45. The molecule has 0 saturated heterocycles. The minimum absolute atomic E-state index is 0. The van der Waals surface area contributed by atoms with Crippen molar-refractivity contribution in [1.82, 2.24) is 15.6 Å². The molecule has 7 heteroatoms. The largest absolute Gasteiger partial charge is 0.496 e. The van der Waals surface area contributed by atoms with Gasteiger partial charge in [-0.05, 0) is 18.6 Å². The molecule has 0 radical (unpaired) electrons. The van der Waals surface area contributed by atoms with Gasteiger partial charge in [0.15, 0.2) is 5.96 Å². The second-order valence-corrected chi connectivity index (χ2v) is 7.14.